The van der Waals surface area contributed by atoms with Crippen LogP contribution in [0.4, 0.5) is 5.69 Å². The van der Waals surface area contributed by atoms with Gasteiger partial charge in [-0.15, -0.1) is 0 Å². The second-order valence-corrected chi connectivity index (χ2v) is 7.50. The van der Waals surface area contributed by atoms with Gasteiger partial charge in [0.25, 0.3) is 0 Å². The monoisotopic (exact) mass is 397 g/mol. The first kappa shape index (κ1) is 18.9. The number of piperazine rings is 1. The maximum absolute atomic E-state index is 10.8. The highest BCUT2D eigenvalue weighted by Crippen LogP contribution is 2.27. The molecule has 28 heavy (non-hydrogen) atoms. The molecule has 0 spiro atoms. The number of imidazole rings is 1. The van der Waals surface area contributed by atoms with Crippen LogP contribution in [-0.2, 0) is 0 Å². The van der Waals surface area contributed by atoms with Gasteiger partial charge in [0.05, 0.1) is 16.4 Å². The lowest BCUT2D eigenvalue weighted by Crippen LogP contribution is -2.47. The molecule has 1 fully saturated rings. The van der Waals surface area contributed by atoms with Crippen molar-refractivity contribution in [3.8, 4) is 11.4 Å². The van der Waals surface area contributed by atoms with E-state index in [1.165, 1.54) is 0 Å². The number of nitrogens with zero attached hydrogens (tertiary/aromatic N) is 4. The van der Waals surface area contributed by atoms with E-state index in [1.807, 2.05) is 37.3 Å². The van der Waals surface area contributed by atoms with E-state index in [9.17, 15) is 5.11 Å². The fourth-order valence-corrected chi connectivity index (χ4v) is 3.90. The number of halogens is 1. The zero-order valence-electron chi connectivity index (χ0n) is 15.8. The van der Waals surface area contributed by atoms with Gasteiger partial charge in [-0.2, -0.15) is 0 Å². The maximum atomic E-state index is 10.8. The molecular formula is C21H24ClN5O. The van der Waals surface area contributed by atoms with Crippen molar-refractivity contribution in [1.82, 2.24) is 19.9 Å². The van der Waals surface area contributed by atoms with Crippen LogP contribution in [0.5, 0.6) is 0 Å². The Kier molecular flexibility index (Phi) is 5.62. The molecule has 1 atom stereocenters. The summed E-state index contributed by atoms with van der Waals surface area (Å²) >= 11 is 6.32. The van der Waals surface area contributed by atoms with Crippen LogP contribution in [0.15, 0.2) is 48.8 Å². The summed E-state index contributed by atoms with van der Waals surface area (Å²) in [6, 6.07) is 11.8. The van der Waals surface area contributed by atoms with Crippen LogP contribution >= 0.6 is 11.6 Å². The van der Waals surface area contributed by atoms with Gasteiger partial charge in [-0.05, 0) is 31.2 Å². The Morgan fingerprint density at radius 2 is 1.93 bits per heavy atom. The summed E-state index contributed by atoms with van der Waals surface area (Å²) in [5, 5.41) is 11.5. The number of rotatable bonds is 5. The quantitative estimate of drug-likeness (QED) is 0.691. The first-order valence-corrected chi connectivity index (χ1v) is 9.86. The minimum atomic E-state index is -0.631. The van der Waals surface area contributed by atoms with E-state index in [0.29, 0.717) is 12.2 Å². The van der Waals surface area contributed by atoms with Crippen molar-refractivity contribution >= 4 is 17.3 Å². The van der Waals surface area contributed by atoms with E-state index in [1.54, 1.807) is 12.4 Å². The van der Waals surface area contributed by atoms with Crippen molar-refractivity contribution in [2.45, 2.75) is 13.0 Å². The van der Waals surface area contributed by atoms with E-state index >= 15 is 0 Å². The second kappa shape index (κ2) is 8.31. The van der Waals surface area contributed by atoms with Crippen molar-refractivity contribution in [2.75, 3.05) is 37.6 Å². The fraction of sp³-hybridized carbons (Fsp3) is 0.333. The largest absolute Gasteiger partial charge is 0.385 e. The lowest BCUT2D eigenvalue weighted by atomic mass is 10.2. The van der Waals surface area contributed by atoms with Gasteiger partial charge in [-0.3, -0.25) is 9.88 Å². The first-order valence-electron chi connectivity index (χ1n) is 9.48. The Morgan fingerprint density at radius 1 is 1.14 bits per heavy atom. The topological polar surface area (TPSA) is 68.3 Å². The molecule has 0 saturated carbocycles. The number of H-pyrrole nitrogens is 1. The minimum Gasteiger partial charge on any atom is -0.385 e. The number of aromatic nitrogens is 3. The molecule has 1 aliphatic heterocycles. The van der Waals surface area contributed by atoms with E-state index in [2.05, 4.69) is 30.8 Å². The molecule has 146 valence electrons. The molecule has 1 unspecified atom stereocenters. The van der Waals surface area contributed by atoms with Gasteiger partial charge in [0.1, 0.15) is 11.9 Å². The molecule has 0 aliphatic carbocycles. The van der Waals surface area contributed by atoms with Crippen molar-refractivity contribution in [3.05, 3.63) is 65.2 Å². The van der Waals surface area contributed by atoms with Crippen molar-refractivity contribution in [2.24, 2.45) is 0 Å². The SMILES string of the molecule is Cc1[nH]c(-c2cccnc2)nc1C(O)CN1CCN(c2ccccc2Cl)CC1. The van der Waals surface area contributed by atoms with Gasteiger partial charge in [0, 0.05) is 56.4 Å². The van der Waals surface area contributed by atoms with Gasteiger partial charge in [0.15, 0.2) is 0 Å². The zero-order valence-corrected chi connectivity index (χ0v) is 16.6. The van der Waals surface area contributed by atoms with E-state index < -0.39 is 6.10 Å². The Balaban J connectivity index is 1.38. The summed E-state index contributed by atoms with van der Waals surface area (Å²) in [7, 11) is 0. The molecule has 3 aromatic rings. The molecular weight excluding hydrogens is 374 g/mol. The van der Waals surface area contributed by atoms with E-state index in [-0.39, 0.29) is 0 Å². The predicted octanol–water partition coefficient (Wildman–Crippen LogP) is 3.29. The number of hydrogen-bond donors (Lipinski definition) is 2. The number of nitrogens with one attached hydrogen (secondary N) is 1. The third-order valence-electron chi connectivity index (χ3n) is 5.17. The number of para-hydroxylation sites is 1. The zero-order chi connectivity index (χ0) is 19.5. The average Bonchev–Trinajstić information content (AvgIpc) is 3.12. The molecule has 0 amide bonds. The number of hydrogen-bond acceptors (Lipinski definition) is 5. The number of aryl methyl sites for hydroxylation is 1. The number of aliphatic hydroxyl groups is 1. The second-order valence-electron chi connectivity index (χ2n) is 7.09. The molecule has 4 rings (SSSR count). The molecule has 1 aromatic carbocycles. The van der Waals surface area contributed by atoms with Crippen LogP contribution < -0.4 is 4.90 Å². The van der Waals surface area contributed by atoms with E-state index in [4.69, 9.17) is 11.6 Å². The van der Waals surface area contributed by atoms with Crippen LogP contribution in [0.1, 0.15) is 17.5 Å². The Labute approximate surface area is 169 Å². The Bertz CT molecular complexity index is 922. The standard InChI is InChI=1S/C21H24ClN5O/c1-15-20(25-21(24-15)16-5-4-8-23-13-16)19(28)14-26-9-11-27(12-10-26)18-7-3-2-6-17(18)22/h2-8,13,19,28H,9-12,14H2,1H3,(H,24,25). The number of benzene rings is 1. The summed E-state index contributed by atoms with van der Waals surface area (Å²) < 4.78 is 0. The Hall–Kier alpha value is -2.41. The highest BCUT2D eigenvalue weighted by Gasteiger charge is 2.23. The smallest absolute Gasteiger partial charge is 0.139 e. The Morgan fingerprint density at radius 3 is 2.64 bits per heavy atom. The molecule has 3 heterocycles. The number of aromatic amines is 1. The summed E-state index contributed by atoms with van der Waals surface area (Å²) in [5.41, 5.74) is 3.58. The van der Waals surface area contributed by atoms with Crippen LogP contribution in [0.2, 0.25) is 5.02 Å². The minimum absolute atomic E-state index is 0.564. The number of β-amino-alcohol motifs (C(OH)–C–C–N with tert-alkyl or cyclic N) is 1. The number of pyridine rings is 1. The molecule has 0 radical (unpaired) electrons. The fourth-order valence-electron chi connectivity index (χ4n) is 3.65. The van der Waals surface area contributed by atoms with Gasteiger partial charge < -0.3 is 15.0 Å². The molecule has 2 N–H and O–H groups in total. The predicted molar refractivity (Wildman–Crippen MR) is 112 cm³/mol. The van der Waals surface area contributed by atoms with Crippen LogP contribution in [0.25, 0.3) is 11.4 Å². The first-order chi connectivity index (χ1) is 13.6. The normalized spacial score (nSPS) is 16.3. The average molecular weight is 398 g/mol. The van der Waals surface area contributed by atoms with Crippen LogP contribution in [-0.4, -0.2) is 57.7 Å². The number of aliphatic hydroxyl groups excluding tert-OH is 1. The molecule has 1 saturated heterocycles. The molecule has 2 aromatic heterocycles. The maximum Gasteiger partial charge on any atom is 0.139 e. The van der Waals surface area contributed by atoms with E-state index in [0.717, 1.165) is 54.0 Å². The van der Waals surface area contributed by atoms with Gasteiger partial charge in [0.2, 0.25) is 0 Å². The summed E-state index contributed by atoms with van der Waals surface area (Å²) in [6.07, 6.45) is 2.87. The summed E-state index contributed by atoms with van der Waals surface area (Å²) in [6.45, 7) is 6.03. The highest BCUT2D eigenvalue weighted by molar-refractivity contribution is 6.33. The van der Waals surface area contributed by atoms with Gasteiger partial charge >= 0.3 is 0 Å². The summed E-state index contributed by atoms with van der Waals surface area (Å²) in [5.74, 6) is 0.739. The molecule has 6 nitrogen and oxygen atoms in total. The lowest BCUT2D eigenvalue weighted by Gasteiger charge is -2.37. The number of anilines is 1. The molecule has 0 bridgehead atoms. The van der Waals surface area contributed by atoms with Gasteiger partial charge in [-0.25, -0.2) is 4.98 Å². The highest BCUT2D eigenvalue weighted by atomic mass is 35.5. The third kappa shape index (κ3) is 4.04. The van der Waals surface area contributed by atoms with Crippen molar-refractivity contribution < 1.29 is 5.11 Å². The van der Waals surface area contributed by atoms with Crippen molar-refractivity contribution in [1.29, 1.82) is 0 Å². The van der Waals surface area contributed by atoms with Crippen LogP contribution in [0, 0.1) is 6.92 Å². The third-order valence-corrected chi connectivity index (χ3v) is 5.49. The van der Waals surface area contributed by atoms with Gasteiger partial charge in [-0.1, -0.05) is 23.7 Å². The molecule has 7 heteroatoms. The summed E-state index contributed by atoms with van der Waals surface area (Å²) in [4.78, 5) is 16.6. The van der Waals surface area contributed by atoms with Crippen molar-refractivity contribution in [3.63, 3.8) is 0 Å². The van der Waals surface area contributed by atoms with Crippen LogP contribution in [0.3, 0.4) is 0 Å². The lowest BCUT2D eigenvalue weighted by molar-refractivity contribution is 0.106. The molecule has 1 aliphatic rings.